The average Bonchev–Trinajstić information content (AvgIpc) is 3.02. The minimum absolute atomic E-state index is 0.0882. The normalized spacial score (nSPS) is 13.3. The molecular formula is C33H20ClN3. The number of hydrogen-bond acceptors (Lipinski definition) is 3. The van der Waals surface area contributed by atoms with E-state index in [1.165, 1.54) is 10.8 Å². The van der Waals surface area contributed by atoms with Gasteiger partial charge in [0.1, 0.15) is 0 Å². The van der Waals surface area contributed by atoms with Gasteiger partial charge in [0.05, 0.1) is 6.85 Å². The molecule has 0 unspecified atom stereocenters. The molecule has 0 saturated heterocycles. The Bertz CT molecular complexity index is 2210. The van der Waals surface area contributed by atoms with Crippen LogP contribution < -0.4 is 0 Å². The Labute approximate surface area is 226 Å². The van der Waals surface area contributed by atoms with Gasteiger partial charge in [-0.1, -0.05) is 103 Å². The monoisotopic (exact) mass is 498 g/mol. The fraction of sp³-hybridized carbons (Fsp3) is 0. The van der Waals surface area contributed by atoms with E-state index < -0.39 is 6.04 Å². The van der Waals surface area contributed by atoms with E-state index in [0.717, 1.165) is 32.7 Å². The molecule has 6 aromatic carbocycles. The molecule has 7 rings (SSSR count). The summed E-state index contributed by atoms with van der Waals surface area (Å²) in [5.74, 6) is 0.900. The second-order valence-electron chi connectivity index (χ2n) is 8.75. The fourth-order valence-electron chi connectivity index (χ4n) is 4.70. The topological polar surface area (TPSA) is 38.7 Å². The highest BCUT2D eigenvalue weighted by Crippen LogP contribution is 2.31. The van der Waals surface area contributed by atoms with Crippen LogP contribution in [0.4, 0.5) is 0 Å². The predicted molar refractivity (Wildman–Crippen MR) is 154 cm³/mol. The van der Waals surface area contributed by atoms with Gasteiger partial charge in [-0.25, -0.2) is 4.98 Å². The lowest BCUT2D eigenvalue weighted by atomic mass is 9.99. The number of rotatable bonds is 3. The molecule has 1 heterocycles. The van der Waals surface area contributed by atoms with Gasteiger partial charge in [-0.15, -0.1) is 0 Å². The van der Waals surface area contributed by atoms with Crippen LogP contribution >= 0.6 is 11.6 Å². The second kappa shape index (κ2) is 8.81. The smallest absolute Gasteiger partial charge is 0.208 e. The van der Waals surface area contributed by atoms with Crippen molar-refractivity contribution in [3.8, 4) is 33.9 Å². The summed E-state index contributed by atoms with van der Waals surface area (Å²) in [6.45, 7) is 0. The van der Waals surface area contributed by atoms with Crippen LogP contribution in [0.25, 0.3) is 66.2 Å². The molecule has 0 radical (unpaired) electrons. The lowest BCUT2D eigenvalue weighted by molar-refractivity contribution is 1.07. The Hall–Kier alpha value is -4.60. The molecule has 3 nitrogen and oxygen atoms in total. The van der Waals surface area contributed by atoms with Gasteiger partial charge in [0.2, 0.25) is 5.28 Å². The highest BCUT2D eigenvalue weighted by atomic mass is 35.5. The summed E-state index contributed by atoms with van der Waals surface area (Å²) in [6.07, 6.45) is 0. The Morgan fingerprint density at radius 2 is 1.05 bits per heavy atom. The lowest BCUT2D eigenvalue weighted by Crippen LogP contribution is -1.97. The summed E-state index contributed by atoms with van der Waals surface area (Å²) in [4.78, 5) is 13.5. The first-order chi connectivity index (χ1) is 20.3. The van der Waals surface area contributed by atoms with Crippen LogP contribution in [0.1, 0.15) is 6.85 Å². The number of hydrogen-bond donors (Lipinski definition) is 0. The minimum Gasteiger partial charge on any atom is -0.208 e. The third-order valence-corrected chi connectivity index (χ3v) is 6.67. The second-order valence-corrected chi connectivity index (χ2v) is 9.09. The van der Waals surface area contributed by atoms with Crippen molar-refractivity contribution in [2.24, 2.45) is 0 Å². The summed E-state index contributed by atoms with van der Waals surface area (Å²) in [6, 6.07) is 28.1. The summed E-state index contributed by atoms with van der Waals surface area (Å²) >= 11 is 6.38. The minimum atomic E-state index is -0.410. The molecule has 0 saturated carbocycles. The molecule has 0 N–H and O–H groups in total. The van der Waals surface area contributed by atoms with E-state index in [1.54, 1.807) is 6.07 Å². The summed E-state index contributed by atoms with van der Waals surface area (Å²) < 4.78 is 40.5. The van der Waals surface area contributed by atoms with Crippen molar-refractivity contribution < 1.29 is 6.85 Å². The van der Waals surface area contributed by atoms with E-state index in [0.29, 0.717) is 17.2 Å². The van der Waals surface area contributed by atoms with Gasteiger partial charge >= 0.3 is 0 Å². The molecule has 4 heteroatoms. The fourth-order valence-corrected chi connectivity index (χ4v) is 4.86. The zero-order chi connectivity index (χ0) is 29.1. The van der Waals surface area contributed by atoms with Gasteiger partial charge < -0.3 is 0 Å². The molecule has 7 aromatic rings. The van der Waals surface area contributed by atoms with Gasteiger partial charge in [-0.2, -0.15) is 9.97 Å². The van der Waals surface area contributed by atoms with E-state index in [4.69, 9.17) is 23.4 Å². The molecule has 0 aliphatic carbocycles. The number of benzene rings is 6. The van der Waals surface area contributed by atoms with Crippen molar-refractivity contribution in [2.45, 2.75) is 0 Å². The molecule has 37 heavy (non-hydrogen) atoms. The zero-order valence-electron chi connectivity index (χ0n) is 24.4. The molecule has 0 atom stereocenters. The van der Waals surface area contributed by atoms with E-state index >= 15 is 0 Å². The standard InChI is InChI=1S/C33H20ClN3/c34-33-36-31(27-15-13-24-18-23(11-12-25(24)19-27)21-6-2-1-3-7-21)35-32(37-33)28-16-17-30-26(20-28)14-10-22-8-4-5-9-29(22)30/h1-20H/i1D,2D,3D,6D,7D. The highest BCUT2D eigenvalue weighted by molar-refractivity contribution is 6.28. The maximum absolute atomic E-state index is 8.31. The first-order valence-corrected chi connectivity index (χ1v) is 12.1. The van der Waals surface area contributed by atoms with Gasteiger partial charge in [0.25, 0.3) is 0 Å². The van der Waals surface area contributed by atoms with E-state index in [9.17, 15) is 0 Å². The van der Waals surface area contributed by atoms with Crippen molar-refractivity contribution >= 4 is 43.9 Å². The van der Waals surface area contributed by atoms with Gasteiger partial charge in [0, 0.05) is 11.1 Å². The molecule has 0 spiro atoms. The van der Waals surface area contributed by atoms with Crippen LogP contribution in [0.2, 0.25) is 5.28 Å². The van der Waals surface area contributed by atoms with E-state index in [2.05, 4.69) is 46.4 Å². The third kappa shape index (κ3) is 4.00. The molecule has 0 bridgehead atoms. The van der Waals surface area contributed by atoms with Crippen molar-refractivity contribution in [1.29, 1.82) is 0 Å². The molecule has 0 aliphatic rings. The average molecular weight is 499 g/mol. The Balaban J connectivity index is 1.28. The molecule has 1 aromatic heterocycles. The van der Waals surface area contributed by atoms with Crippen LogP contribution in [0.5, 0.6) is 0 Å². The van der Waals surface area contributed by atoms with Crippen molar-refractivity contribution in [1.82, 2.24) is 15.0 Å². The van der Waals surface area contributed by atoms with Crippen LogP contribution in [0.3, 0.4) is 0 Å². The largest absolute Gasteiger partial charge is 0.226 e. The molecule has 0 aliphatic heterocycles. The van der Waals surface area contributed by atoms with Crippen molar-refractivity contribution in [2.75, 3.05) is 0 Å². The van der Waals surface area contributed by atoms with Gasteiger partial charge in [-0.3, -0.25) is 0 Å². The summed E-state index contributed by atoms with van der Waals surface area (Å²) in [5.41, 5.74) is 2.29. The Kier molecular flexibility index (Phi) is 4.04. The first-order valence-electron chi connectivity index (χ1n) is 14.2. The Morgan fingerprint density at radius 3 is 1.84 bits per heavy atom. The first kappa shape index (κ1) is 17.0. The zero-order valence-corrected chi connectivity index (χ0v) is 20.1. The number of nitrogens with zero attached hydrogens (tertiary/aromatic N) is 3. The third-order valence-electron chi connectivity index (χ3n) is 6.50. The van der Waals surface area contributed by atoms with Crippen LogP contribution in [-0.2, 0) is 0 Å². The maximum atomic E-state index is 8.31. The van der Waals surface area contributed by atoms with E-state index in [-0.39, 0.29) is 35.0 Å². The number of fused-ring (bicyclic) bond motifs is 4. The highest BCUT2D eigenvalue weighted by Gasteiger charge is 2.12. The summed E-state index contributed by atoms with van der Waals surface area (Å²) in [7, 11) is 0. The SMILES string of the molecule is [2H]c1c([2H])c([2H])c(-c2ccc3cc(-c4nc(Cl)nc(-c5ccc6c(ccc7ccccc76)c5)n4)ccc3c2)c([2H])c1[2H]. The van der Waals surface area contributed by atoms with Crippen LogP contribution in [-0.4, -0.2) is 15.0 Å². The maximum Gasteiger partial charge on any atom is 0.226 e. The lowest BCUT2D eigenvalue weighted by Gasteiger charge is -2.09. The predicted octanol–water partition coefficient (Wildman–Crippen LogP) is 8.99. The van der Waals surface area contributed by atoms with Crippen molar-refractivity contribution in [3.63, 3.8) is 0 Å². The summed E-state index contributed by atoms with van der Waals surface area (Å²) in [5, 5.41) is 6.39. The van der Waals surface area contributed by atoms with Gasteiger partial charge in [-0.05, 0) is 73.2 Å². The molecular weight excluding hydrogens is 474 g/mol. The molecule has 0 amide bonds. The Morgan fingerprint density at radius 1 is 0.486 bits per heavy atom. The van der Waals surface area contributed by atoms with Crippen LogP contribution in [0.15, 0.2) is 121 Å². The van der Waals surface area contributed by atoms with E-state index in [1.807, 2.05) is 48.5 Å². The van der Waals surface area contributed by atoms with Crippen molar-refractivity contribution in [3.05, 3.63) is 126 Å². The molecule has 174 valence electrons. The van der Waals surface area contributed by atoms with Crippen LogP contribution in [0, 0.1) is 0 Å². The van der Waals surface area contributed by atoms with Gasteiger partial charge in [0.15, 0.2) is 11.6 Å². The number of aromatic nitrogens is 3. The number of halogens is 1. The molecule has 0 fully saturated rings. The quantitative estimate of drug-likeness (QED) is 0.228.